The quantitative estimate of drug-likeness (QED) is 0.785. The van der Waals surface area contributed by atoms with Crippen LogP contribution in [-0.4, -0.2) is 14.8 Å². The Labute approximate surface area is 132 Å². The second-order valence-corrected chi connectivity index (χ2v) is 5.25. The summed E-state index contributed by atoms with van der Waals surface area (Å²) >= 11 is 0. The molecule has 2 aromatic carbocycles. The Morgan fingerprint density at radius 2 is 1.96 bits per heavy atom. The molecule has 23 heavy (non-hydrogen) atoms. The number of nitrogens with one attached hydrogen (secondary N) is 1. The third-order valence-electron chi connectivity index (χ3n) is 3.66. The fourth-order valence-electron chi connectivity index (χ4n) is 2.39. The minimum absolute atomic E-state index is 0.172. The Morgan fingerprint density at radius 3 is 2.65 bits per heavy atom. The van der Waals surface area contributed by atoms with Crippen LogP contribution in [0.25, 0.3) is 5.69 Å². The van der Waals surface area contributed by atoms with E-state index < -0.39 is 0 Å². The molecule has 0 saturated carbocycles. The molecule has 6 heteroatoms. The molecule has 1 atom stereocenters. The summed E-state index contributed by atoms with van der Waals surface area (Å²) in [5.74, 6) is -0.631. The van der Waals surface area contributed by atoms with Crippen LogP contribution < -0.4 is 5.32 Å². The summed E-state index contributed by atoms with van der Waals surface area (Å²) in [6, 6.07) is 11.3. The zero-order valence-electron chi connectivity index (χ0n) is 12.6. The summed E-state index contributed by atoms with van der Waals surface area (Å²) in [6.07, 6.45) is 2.79. The van der Waals surface area contributed by atoms with Crippen molar-refractivity contribution in [3.8, 4) is 5.69 Å². The van der Waals surface area contributed by atoms with Gasteiger partial charge >= 0.3 is 0 Å². The molecule has 0 bridgehead atoms. The van der Waals surface area contributed by atoms with Gasteiger partial charge in [-0.3, -0.25) is 0 Å². The summed E-state index contributed by atoms with van der Waals surface area (Å²) in [6.45, 7) is 2.31. The molecule has 0 aliphatic carbocycles. The van der Waals surface area contributed by atoms with Crippen LogP contribution in [0.2, 0.25) is 0 Å². The predicted octanol–water partition coefficient (Wildman–Crippen LogP) is 3.40. The summed E-state index contributed by atoms with van der Waals surface area (Å²) in [4.78, 5) is 3.80. The molecule has 0 radical (unpaired) electrons. The number of hydrogen-bond donors (Lipinski definition) is 1. The maximum atomic E-state index is 14.1. The largest absolute Gasteiger partial charge is 0.306 e. The maximum Gasteiger partial charge on any atom is 0.149 e. The molecule has 0 aliphatic heterocycles. The zero-order valence-corrected chi connectivity index (χ0v) is 12.6. The van der Waals surface area contributed by atoms with E-state index in [0.717, 1.165) is 5.56 Å². The summed E-state index contributed by atoms with van der Waals surface area (Å²) in [5, 5.41) is 7.10. The van der Waals surface area contributed by atoms with Crippen molar-refractivity contribution in [1.29, 1.82) is 0 Å². The third-order valence-corrected chi connectivity index (χ3v) is 3.66. The molecule has 0 spiro atoms. The summed E-state index contributed by atoms with van der Waals surface area (Å²) < 4.78 is 29.2. The average molecular weight is 314 g/mol. The van der Waals surface area contributed by atoms with E-state index in [-0.39, 0.29) is 17.7 Å². The summed E-state index contributed by atoms with van der Waals surface area (Å²) in [7, 11) is 0. The third kappa shape index (κ3) is 3.43. The highest BCUT2D eigenvalue weighted by Gasteiger charge is 2.11. The maximum absolute atomic E-state index is 14.1. The van der Waals surface area contributed by atoms with E-state index in [1.54, 1.807) is 30.3 Å². The molecule has 0 fully saturated rings. The van der Waals surface area contributed by atoms with Crippen LogP contribution in [0.5, 0.6) is 0 Å². The first-order valence-electron chi connectivity index (χ1n) is 7.26. The van der Waals surface area contributed by atoms with E-state index >= 15 is 0 Å². The lowest BCUT2D eigenvalue weighted by molar-refractivity contribution is 0.526. The Morgan fingerprint density at radius 1 is 1.13 bits per heavy atom. The Hall–Kier alpha value is -2.60. The lowest BCUT2D eigenvalue weighted by atomic mass is 10.1. The highest BCUT2D eigenvalue weighted by atomic mass is 19.1. The molecule has 3 rings (SSSR count). The fourth-order valence-corrected chi connectivity index (χ4v) is 2.39. The molecule has 1 heterocycles. The van der Waals surface area contributed by atoms with E-state index in [4.69, 9.17) is 0 Å². The minimum atomic E-state index is -0.381. The van der Waals surface area contributed by atoms with Crippen LogP contribution in [0.4, 0.5) is 8.78 Å². The van der Waals surface area contributed by atoms with Crippen LogP contribution in [0, 0.1) is 11.6 Å². The van der Waals surface area contributed by atoms with Crippen molar-refractivity contribution >= 4 is 0 Å². The van der Waals surface area contributed by atoms with Crippen LogP contribution in [0.3, 0.4) is 0 Å². The van der Waals surface area contributed by atoms with Gasteiger partial charge in [0.2, 0.25) is 0 Å². The number of hydrogen-bond acceptors (Lipinski definition) is 3. The number of aromatic nitrogens is 3. The molecule has 118 valence electrons. The monoisotopic (exact) mass is 314 g/mol. The molecule has 1 unspecified atom stereocenters. The van der Waals surface area contributed by atoms with Gasteiger partial charge < -0.3 is 5.32 Å². The lowest BCUT2D eigenvalue weighted by Gasteiger charge is -2.15. The molecule has 0 amide bonds. The van der Waals surface area contributed by atoms with Crippen LogP contribution in [0.1, 0.15) is 24.1 Å². The van der Waals surface area contributed by atoms with Gasteiger partial charge in [-0.1, -0.05) is 24.3 Å². The van der Waals surface area contributed by atoms with Crippen molar-refractivity contribution < 1.29 is 8.78 Å². The van der Waals surface area contributed by atoms with Gasteiger partial charge in [0.25, 0.3) is 0 Å². The zero-order chi connectivity index (χ0) is 16.2. The molecule has 3 aromatic rings. The molecular formula is C17H16F2N4. The highest BCUT2D eigenvalue weighted by molar-refractivity contribution is 5.35. The summed E-state index contributed by atoms with van der Waals surface area (Å²) in [5.41, 5.74) is 1.70. The molecule has 1 aromatic heterocycles. The predicted molar refractivity (Wildman–Crippen MR) is 83.0 cm³/mol. The molecule has 0 aliphatic rings. The molecule has 4 nitrogen and oxygen atoms in total. The van der Waals surface area contributed by atoms with Crippen LogP contribution in [0.15, 0.2) is 55.1 Å². The van der Waals surface area contributed by atoms with Crippen LogP contribution >= 0.6 is 0 Å². The first-order valence-corrected chi connectivity index (χ1v) is 7.26. The molecule has 1 N–H and O–H groups in total. The van der Waals surface area contributed by atoms with Crippen molar-refractivity contribution in [2.45, 2.75) is 19.5 Å². The van der Waals surface area contributed by atoms with Gasteiger partial charge in [-0.25, -0.2) is 18.4 Å². The molecular weight excluding hydrogens is 298 g/mol. The second kappa shape index (κ2) is 6.66. The van der Waals surface area contributed by atoms with Gasteiger partial charge in [-0.15, -0.1) is 0 Å². The van der Waals surface area contributed by atoms with Gasteiger partial charge in [-0.05, 0) is 30.7 Å². The van der Waals surface area contributed by atoms with E-state index in [9.17, 15) is 8.78 Å². The smallest absolute Gasteiger partial charge is 0.149 e. The normalized spacial score (nSPS) is 12.3. The number of nitrogens with zero attached hydrogens (tertiary/aromatic N) is 3. The Balaban J connectivity index is 1.69. The first-order chi connectivity index (χ1) is 11.1. The Kier molecular flexibility index (Phi) is 4.43. The van der Waals surface area contributed by atoms with Crippen molar-refractivity contribution in [2.24, 2.45) is 0 Å². The standard InChI is InChI=1S/C17H16F2N4/c1-12(14-4-2-3-5-15(14)18)21-9-13-6-7-17(16(19)8-13)23-11-20-10-22-23/h2-8,10-12,21H,9H2,1H3. The van der Waals surface area contributed by atoms with E-state index in [2.05, 4.69) is 15.4 Å². The van der Waals surface area contributed by atoms with Crippen molar-refractivity contribution in [3.63, 3.8) is 0 Å². The SMILES string of the molecule is CC(NCc1ccc(-n2cncn2)c(F)c1)c1ccccc1F. The number of benzene rings is 2. The number of halogens is 2. The van der Waals surface area contributed by atoms with E-state index in [1.807, 2.05) is 6.92 Å². The lowest BCUT2D eigenvalue weighted by Crippen LogP contribution is -2.19. The highest BCUT2D eigenvalue weighted by Crippen LogP contribution is 2.18. The van der Waals surface area contributed by atoms with E-state index in [1.165, 1.54) is 29.5 Å². The van der Waals surface area contributed by atoms with Gasteiger partial charge in [0.1, 0.15) is 30.0 Å². The molecule has 0 saturated heterocycles. The van der Waals surface area contributed by atoms with E-state index in [0.29, 0.717) is 17.8 Å². The van der Waals surface area contributed by atoms with Gasteiger partial charge in [-0.2, -0.15) is 5.10 Å². The van der Waals surface area contributed by atoms with Gasteiger partial charge in [0.15, 0.2) is 0 Å². The van der Waals surface area contributed by atoms with Gasteiger partial charge in [0, 0.05) is 18.2 Å². The number of rotatable bonds is 5. The van der Waals surface area contributed by atoms with Crippen molar-refractivity contribution in [2.75, 3.05) is 0 Å². The van der Waals surface area contributed by atoms with Gasteiger partial charge in [0.05, 0.1) is 0 Å². The Bertz CT molecular complexity index is 787. The van der Waals surface area contributed by atoms with Crippen molar-refractivity contribution in [3.05, 3.63) is 77.9 Å². The minimum Gasteiger partial charge on any atom is -0.306 e. The second-order valence-electron chi connectivity index (χ2n) is 5.25. The average Bonchev–Trinajstić information content (AvgIpc) is 3.07. The van der Waals surface area contributed by atoms with Crippen LogP contribution in [-0.2, 0) is 6.54 Å². The fraction of sp³-hybridized carbons (Fsp3) is 0.176. The van der Waals surface area contributed by atoms with Crippen molar-refractivity contribution in [1.82, 2.24) is 20.1 Å². The first kappa shape index (κ1) is 15.3. The topological polar surface area (TPSA) is 42.7 Å².